The summed E-state index contributed by atoms with van der Waals surface area (Å²) >= 11 is 0. The molecule has 0 fully saturated rings. The molecule has 0 saturated carbocycles. The Bertz CT molecular complexity index is 241. The van der Waals surface area contributed by atoms with Gasteiger partial charge in [0.1, 0.15) is 6.42 Å². The summed E-state index contributed by atoms with van der Waals surface area (Å²) in [6.07, 6.45) is 8.68. The maximum Gasteiger partial charge on any atom is 0.317 e. The van der Waals surface area contributed by atoms with Crippen molar-refractivity contribution in [3.8, 4) is 0 Å². The predicted octanol–water partition coefficient (Wildman–Crippen LogP) is 3.78. The summed E-state index contributed by atoms with van der Waals surface area (Å²) in [7, 11) is 0. The standard InChI is InChI=1S/C15H28O4/c1-3-5-7-9-13(10-8-6-4-2)12-19-15(18)11-14(16)17/h13H,3-12H2,1-2H3,(H,16,17). The smallest absolute Gasteiger partial charge is 0.317 e. The molecule has 0 aliphatic heterocycles. The van der Waals surface area contributed by atoms with E-state index in [1.165, 1.54) is 25.7 Å². The van der Waals surface area contributed by atoms with E-state index in [2.05, 4.69) is 13.8 Å². The summed E-state index contributed by atoms with van der Waals surface area (Å²) in [6, 6.07) is 0. The highest BCUT2D eigenvalue weighted by atomic mass is 16.5. The molecule has 0 saturated heterocycles. The van der Waals surface area contributed by atoms with Gasteiger partial charge in [0.15, 0.2) is 0 Å². The van der Waals surface area contributed by atoms with E-state index in [1.54, 1.807) is 0 Å². The molecule has 4 nitrogen and oxygen atoms in total. The summed E-state index contributed by atoms with van der Waals surface area (Å²) in [6.45, 7) is 4.71. The maximum atomic E-state index is 11.2. The Morgan fingerprint density at radius 2 is 1.53 bits per heavy atom. The van der Waals surface area contributed by atoms with Crippen molar-refractivity contribution >= 4 is 11.9 Å². The van der Waals surface area contributed by atoms with Crippen LogP contribution in [0.2, 0.25) is 0 Å². The number of aliphatic carboxylic acids is 1. The van der Waals surface area contributed by atoms with Crippen LogP contribution in [0.25, 0.3) is 0 Å². The lowest BCUT2D eigenvalue weighted by molar-refractivity contribution is -0.152. The van der Waals surface area contributed by atoms with E-state index in [1.807, 2.05) is 0 Å². The summed E-state index contributed by atoms with van der Waals surface area (Å²) in [5, 5.41) is 8.49. The van der Waals surface area contributed by atoms with Crippen LogP contribution in [0.5, 0.6) is 0 Å². The van der Waals surface area contributed by atoms with Crippen molar-refractivity contribution in [2.75, 3.05) is 6.61 Å². The van der Waals surface area contributed by atoms with E-state index in [-0.39, 0.29) is 0 Å². The van der Waals surface area contributed by atoms with Gasteiger partial charge in [-0.05, 0) is 18.8 Å². The number of ether oxygens (including phenoxy) is 1. The quantitative estimate of drug-likeness (QED) is 0.333. The molecular formula is C15H28O4. The Balaban J connectivity index is 3.94. The minimum absolute atomic E-state index is 0.375. The Kier molecular flexibility index (Phi) is 11.3. The van der Waals surface area contributed by atoms with Gasteiger partial charge in [0, 0.05) is 0 Å². The molecule has 0 amide bonds. The van der Waals surface area contributed by atoms with E-state index in [0.29, 0.717) is 12.5 Å². The molecular weight excluding hydrogens is 244 g/mol. The van der Waals surface area contributed by atoms with Gasteiger partial charge in [-0.3, -0.25) is 9.59 Å². The van der Waals surface area contributed by atoms with E-state index in [0.717, 1.165) is 25.7 Å². The van der Waals surface area contributed by atoms with Crippen LogP contribution in [0.1, 0.15) is 71.6 Å². The minimum atomic E-state index is -1.13. The van der Waals surface area contributed by atoms with Gasteiger partial charge in [-0.2, -0.15) is 0 Å². The third-order valence-electron chi connectivity index (χ3n) is 3.21. The lowest BCUT2D eigenvalue weighted by Crippen LogP contribution is -2.17. The first-order valence-electron chi connectivity index (χ1n) is 7.47. The third kappa shape index (κ3) is 11.7. The molecule has 112 valence electrons. The van der Waals surface area contributed by atoms with E-state index in [9.17, 15) is 9.59 Å². The first kappa shape index (κ1) is 17.9. The fourth-order valence-electron chi connectivity index (χ4n) is 2.06. The summed E-state index contributed by atoms with van der Waals surface area (Å²) < 4.78 is 5.06. The van der Waals surface area contributed by atoms with E-state index in [4.69, 9.17) is 9.84 Å². The zero-order valence-corrected chi connectivity index (χ0v) is 12.3. The zero-order chi connectivity index (χ0) is 14.5. The highest BCUT2D eigenvalue weighted by Gasteiger charge is 2.14. The van der Waals surface area contributed by atoms with Crippen molar-refractivity contribution in [2.24, 2.45) is 5.92 Å². The second kappa shape index (κ2) is 12.0. The molecule has 0 aliphatic rings. The first-order chi connectivity index (χ1) is 9.10. The predicted molar refractivity (Wildman–Crippen MR) is 75.0 cm³/mol. The average molecular weight is 272 g/mol. The molecule has 1 N–H and O–H groups in total. The van der Waals surface area contributed by atoms with Crippen LogP contribution in [-0.2, 0) is 14.3 Å². The van der Waals surface area contributed by atoms with Gasteiger partial charge < -0.3 is 9.84 Å². The second-order valence-electron chi connectivity index (χ2n) is 5.11. The second-order valence-corrected chi connectivity index (χ2v) is 5.11. The van der Waals surface area contributed by atoms with Crippen molar-refractivity contribution in [2.45, 2.75) is 71.6 Å². The number of hydrogen-bond acceptors (Lipinski definition) is 3. The van der Waals surface area contributed by atoms with Crippen molar-refractivity contribution in [1.82, 2.24) is 0 Å². The summed E-state index contributed by atoms with van der Waals surface area (Å²) in [5.41, 5.74) is 0. The van der Waals surface area contributed by atoms with Crippen molar-refractivity contribution in [3.63, 3.8) is 0 Å². The average Bonchev–Trinajstić information content (AvgIpc) is 2.35. The molecule has 4 heteroatoms. The first-order valence-corrected chi connectivity index (χ1v) is 7.47. The molecule has 0 aromatic rings. The van der Waals surface area contributed by atoms with Gasteiger partial charge >= 0.3 is 11.9 Å². The van der Waals surface area contributed by atoms with Gasteiger partial charge in [0.25, 0.3) is 0 Å². The Hall–Kier alpha value is -1.06. The Morgan fingerprint density at radius 3 is 1.95 bits per heavy atom. The number of carboxylic acid groups (broad SMARTS) is 1. The Labute approximate surface area is 116 Å². The molecule has 0 spiro atoms. The van der Waals surface area contributed by atoms with Gasteiger partial charge in [0.2, 0.25) is 0 Å². The number of carboxylic acids is 1. The summed E-state index contributed by atoms with van der Waals surface area (Å²) in [4.78, 5) is 21.6. The molecule has 0 atom stereocenters. The number of esters is 1. The molecule has 0 heterocycles. The number of carbonyl (C=O) groups is 2. The van der Waals surface area contributed by atoms with Crippen LogP contribution in [0.15, 0.2) is 0 Å². The molecule has 0 aromatic carbocycles. The fourth-order valence-corrected chi connectivity index (χ4v) is 2.06. The largest absolute Gasteiger partial charge is 0.481 e. The topological polar surface area (TPSA) is 63.6 Å². The maximum absolute atomic E-state index is 11.2. The van der Waals surface area contributed by atoms with Gasteiger partial charge in [0.05, 0.1) is 6.61 Å². The van der Waals surface area contributed by atoms with Crippen molar-refractivity contribution in [1.29, 1.82) is 0 Å². The number of unbranched alkanes of at least 4 members (excludes halogenated alkanes) is 4. The van der Waals surface area contributed by atoms with Crippen LogP contribution < -0.4 is 0 Å². The van der Waals surface area contributed by atoms with Gasteiger partial charge in [-0.25, -0.2) is 0 Å². The fraction of sp³-hybridized carbons (Fsp3) is 0.867. The molecule has 0 rings (SSSR count). The molecule has 0 unspecified atom stereocenters. The molecule has 19 heavy (non-hydrogen) atoms. The zero-order valence-electron chi connectivity index (χ0n) is 12.3. The molecule has 0 aromatic heterocycles. The number of carbonyl (C=O) groups excluding carboxylic acids is 1. The number of rotatable bonds is 12. The van der Waals surface area contributed by atoms with Gasteiger partial charge in [-0.15, -0.1) is 0 Å². The monoisotopic (exact) mass is 272 g/mol. The molecule has 0 radical (unpaired) electrons. The van der Waals surface area contributed by atoms with Crippen molar-refractivity contribution < 1.29 is 19.4 Å². The lowest BCUT2D eigenvalue weighted by Gasteiger charge is -2.16. The lowest BCUT2D eigenvalue weighted by atomic mass is 9.96. The van der Waals surface area contributed by atoms with Crippen LogP contribution in [-0.4, -0.2) is 23.7 Å². The Morgan fingerprint density at radius 1 is 1.00 bits per heavy atom. The third-order valence-corrected chi connectivity index (χ3v) is 3.21. The van der Waals surface area contributed by atoms with Crippen LogP contribution in [0.4, 0.5) is 0 Å². The van der Waals surface area contributed by atoms with E-state index < -0.39 is 18.4 Å². The SMILES string of the molecule is CCCCCC(CCCCC)COC(=O)CC(=O)O. The van der Waals surface area contributed by atoms with Crippen LogP contribution >= 0.6 is 0 Å². The highest BCUT2D eigenvalue weighted by Crippen LogP contribution is 2.18. The molecule has 0 bridgehead atoms. The minimum Gasteiger partial charge on any atom is -0.481 e. The van der Waals surface area contributed by atoms with E-state index >= 15 is 0 Å². The number of hydrogen-bond donors (Lipinski definition) is 1. The van der Waals surface area contributed by atoms with Crippen molar-refractivity contribution in [3.05, 3.63) is 0 Å². The van der Waals surface area contributed by atoms with Crippen LogP contribution in [0, 0.1) is 5.92 Å². The van der Waals surface area contributed by atoms with Crippen LogP contribution in [0.3, 0.4) is 0 Å². The molecule has 0 aliphatic carbocycles. The normalized spacial score (nSPS) is 10.7. The highest BCUT2D eigenvalue weighted by molar-refractivity contribution is 5.90. The van der Waals surface area contributed by atoms with Gasteiger partial charge in [-0.1, -0.05) is 52.4 Å². The summed E-state index contributed by atoms with van der Waals surface area (Å²) in [5.74, 6) is -1.36.